The third-order valence-corrected chi connectivity index (χ3v) is 4.10. The van der Waals surface area contributed by atoms with Gasteiger partial charge in [0.25, 0.3) is 0 Å². The molecular weight excluding hydrogens is 226 g/mol. The zero-order chi connectivity index (χ0) is 13.0. The number of rotatable bonds is 5. The van der Waals surface area contributed by atoms with E-state index in [0.29, 0.717) is 0 Å². The van der Waals surface area contributed by atoms with Crippen molar-refractivity contribution in [3.63, 3.8) is 0 Å². The molecule has 0 radical (unpaired) electrons. The molecule has 1 aliphatic heterocycles. The first kappa shape index (κ1) is 13.1. The number of carbonyl (C=O) groups is 1. The second-order valence-corrected chi connectivity index (χ2v) is 5.16. The Morgan fingerprint density at radius 3 is 2.72 bits per heavy atom. The molecule has 1 N–H and O–H groups in total. The van der Waals surface area contributed by atoms with Gasteiger partial charge in [-0.05, 0) is 31.4 Å². The molecule has 0 unspecified atom stereocenters. The van der Waals surface area contributed by atoms with Crippen molar-refractivity contribution in [1.29, 1.82) is 0 Å². The Balaban J connectivity index is 2.13. The highest BCUT2D eigenvalue weighted by Gasteiger charge is 2.40. The summed E-state index contributed by atoms with van der Waals surface area (Å²) < 4.78 is 0. The zero-order valence-corrected chi connectivity index (χ0v) is 10.9. The van der Waals surface area contributed by atoms with Crippen molar-refractivity contribution in [2.45, 2.75) is 44.7 Å². The van der Waals surface area contributed by atoms with Gasteiger partial charge >= 0.3 is 5.97 Å². The molecule has 1 fully saturated rings. The first-order valence-electron chi connectivity index (χ1n) is 6.67. The highest BCUT2D eigenvalue weighted by atomic mass is 16.4. The smallest absolute Gasteiger partial charge is 0.305 e. The van der Waals surface area contributed by atoms with Gasteiger partial charge in [-0.2, -0.15) is 0 Å². The fourth-order valence-corrected chi connectivity index (χ4v) is 3.05. The standard InChI is InChI=1S/C15H21NO2/c1-2-15(11-14(17)18)9-6-10-16(15)12-13-7-4-3-5-8-13/h3-5,7-8H,2,6,9-12H2,1H3,(H,17,18)/t15-/m0/s1. The summed E-state index contributed by atoms with van der Waals surface area (Å²) in [6, 6.07) is 10.3. The molecule has 0 bridgehead atoms. The summed E-state index contributed by atoms with van der Waals surface area (Å²) in [5, 5.41) is 9.13. The van der Waals surface area contributed by atoms with E-state index in [1.165, 1.54) is 5.56 Å². The number of hydrogen-bond donors (Lipinski definition) is 1. The highest BCUT2D eigenvalue weighted by molar-refractivity contribution is 5.68. The van der Waals surface area contributed by atoms with Crippen LogP contribution in [0.15, 0.2) is 30.3 Å². The van der Waals surface area contributed by atoms with Crippen LogP contribution in [0.5, 0.6) is 0 Å². The average molecular weight is 247 g/mol. The van der Waals surface area contributed by atoms with Crippen LogP contribution in [-0.2, 0) is 11.3 Å². The van der Waals surface area contributed by atoms with Crippen LogP contribution >= 0.6 is 0 Å². The van der Waals surface area contributed by atoms with Gasteiger partial charge in [-0.3, -0.25) is 9.69 Å². The maximum atomic E-state index is 11.1. The van der Waals surface area contributed by atoms with Crippen LogP contribution in [0.4, 0.5) is 0 Å². The van der Waals surface area contributed by atoms with Crippen molar-refractivity contribution in [3.8, 4) is 0 Å². The summed E-state index contributed by atoms with van der Waals surface area (Å²) in [5.74, 6) is -0.684. The molecule has 0 amide bonds. The van der Waals surface area contributed by atoms with Crippen LogP contribution in [0, 0.1) is 0 Å². The van der Waals surface area contributed by atoms with E-state index in [2.05, 4.69) is 24.0 Å². The third kappa shape index (κ3) is 2.72. The topological polar surface area (TPSA) is 40.5 Å². The van der Waals surface area contributed by atoms with Crippen LogP contribution in [-0.4, -0.2) is 28.1 Å². The second kappa shape index (κ2) is 5.53. The van der Waals surface area contributed by atoms with Crippen LogP contribution in [0.3, 0.4) is 0 Å². The summed E-state index contributed by atoms with van der Waals surface area (Å²) in [7, 11) is 0. The van der Waals surface area contributed by atoms with Gasteiger partial charge in [0.15, 0.2) is 0 Å². The Morgan fingerprint density at radius 1 is 1.39 bits per heavy atom. The third-order valence-electron chi connectivity index (χ3n) is 4.10. The van der Waals surface area contributed by atoms with E-state index in [0.717, 1.165) is 32.4 Å². The van der Waals surface area contributed by atoms with Gasteiger partial charge in [-0.1, -0.05) is 37.3 Å². The molecule has 0 spiro atoms. The molecule has 0 aliphatic carbocycles. The van der Waals surface area contributed by atoms with Crippen molar-refractivity contribution in [1.82, 2.24) is 4.90 Å². The van der Waals surface area contributed by atoms with E-state index < -0.39 is 5.97 Å². The lowest BCUT2D eigenvalue weighted by Crippen LogP contribution is -2.44. The van der Waals surface area contributed by atoms with Crippen molar-refractivity contribution in [2.75, 3.05) is 6.54 Å². The summed E-state index contributed by atoms with van der Waals surface area (Å²) in [6.07, 6.45) is 3.28. The van der Waals surface area contributed by atoms with Crippen LogP contribution < -0.4 is 0 Å². The molecule has 1 aromatic carbocycles. The van der Waals surface area contributed by atoms with Gasteiger partial charge in [0.05, 0.1) is 6.42 Å². The molecule has 1 saturated heterocycles. The fraction of sp³-hybridized carbons (Fsp3) is 0.533. The highest BCUT2D eigenvalue weighted by Crippen LogP contribution is 2.36. The summed E-state index contributed by atoms with van der Waals surface area (Å²) in [4.78, 5) is 13.4. The van der Waals surface area contributed by atoms with Gasteiger partial charge in [0.2, 0.25) is 0 Å². The minimum Gasteiger partial charge on any atom is -0.481 e. The predicted octanol–water partition coefficient (Wildman–Crippen LogP) is 2.91. The number of carboxylic acids is 1. The van der Waals surface area contributed by atoms with Crippen molar-refractivity contribution >= 4 is 5.97 Å². The Kier molecular flexibility index (Phi) is 4.02. The van der Waals surface area contributed by atoms with E-state index in [1.807, 2.05) is 18.2 Å². The summed E-state index contributed by atoms with van der Waals surface area (Å²) >= 11 is 0. The molecule has 1 aliphatic rings. The number of carboxylic acid groups (broad SMARTS) is 1. The molecule has 3 heteroatoms. The normalized spacial score (nSPS) is 24.3. The van der Waals surface area contributed by atoms with Crippen molar-refractivity contribution in [2.24, 2.45) is 0 Å². The van der Waals surface area contributed by atoms with Crippen molar-refractivity contribution in [3.05, 3.63) is 35.9 Å². The lowest BCUT2D eigenvalue weighted by atomic mass is 9.88. The molecule has 0 aromatic heterocycles. The lowest BCUT2D eigenvalue weighted by molar-refractivity contribution is -0.140. The number of nitrogens with zero attached hydrogens (tertiary/aromatic N) is 1. The van der Waals surface area contributed by atoms with Crippen LogP contribution in [0.1, 0.15) is 38.2 Å². The minimum atomic E-state index is -0.684. The Hall–Kier alpha value is -1.35. The number of hydrogen-bond acceptors (Lipinski definition) is 2. The Bertz CT molecular complexity index is 404. The maximum Gasteiger partial charge on any atom is 0.305 e. The van der Waals surface area contributed by atoms with E-state index in [4.69, 9.17) is 5.11 Å². The quantitative estimate of drug-likeness (QED) is 0.869. The van der Waals surface area contributed by atoms with E-state index in [9.17, 15) is 4.79 Å². The Labute approximate surface area is 108 Å². The molecule has 1 aromatic rings. The van der Waals surface area contributed by atoms with E-state index in [-0.39, 0.29) is 12.0 Å². The van der Waals surface area contributed by atoms with Gasteiger partial charge in [0.1, 0.15) is 0 Å². The molecular formula is C15H21NO2. The monoisotopic (exact) mass is 247 g/mol. The van der Waals surface area contributed by atoms with Crippen molar-refractivity contribution < 1.29 is 9.90 Å². The summed E-state index contributed by atoms with van der Waals surface area (Å²) in [6.45, 7) is 3.98. The maximum absolute atomic E-state index is 11.1. The molecule has 1 heterocycles. The molecule has 2 rings (SSSR count). The number of benzene rings is 1. The van der Waals surface area contributed by atoms with Crippen LogP contribution in [0.2, 0.25) is 0 Å². The van der Waals surface area contributed by atoms with Gasteiger partial charge in [-0.15, -0.1) is 0 Å². The Morgan fingerprint density at radius 2 is 2.11 bits per heavy atom. The molecule has 3 nitrogen and oxygen atoms in total. The molecule has 1 atom stereocenters. The average Bonchev–Trinajstić information content (AvgIpc) is 2.73. The first-order valence-corrected chi connectivity index (χ1v) is 6.67. The van der Waals surface area contributed by atoms with Gasteiger partial charge in [0, 0.05) is 12.1 Å². The van der Waals surface area contributed by atoms with Gasteiger partial charge in [-0.25, -0.2) is 0 Å². The fourth-order valence-electron chi connectivity index (χ4n) is 3.05. The van der Waals surface area contributed by atoms with Gasteiger partial charge < -0.3 is 5.11 Å². The van der Waals surface area contributed by atoms with E-state index >= 15 is 0 Å². The largest absolute Gasteiger partial charge is 0.481 e. The summed E-state index contributed by atoms with van der Waals surface area (Å²) in [5.41, 5.74) is 1.13. The number of aliphatic carboxylic acids is 1. The number of likely N-dealkylation sites (tertiary alicyclic amines) is 1. The molecule has 0 saturated carbocycles. The molecule has 18 heavy (non-hydrogen) atoms. The molecule has 98 valence electrons. The zero-order valence-electron chi connectivity index (χ0n) is 10.9. The first-order chi connectivity index (χ1) is 8.66. The second-order valence-electron chi connectivity index (χ2n) is 5.16. The van der Waals surface area contributed by atoms with E-state index in [1.54, 1.807) is 0 Å². The SMILES string of the molecule is CC[C@@]1(CC(=O)O)CCCN1Cc1ccccc1. The lowest BCUT2D eigenvalue weighted by Gasteiger charge is -2.37. The minimum absolute atomic E-state index is 0.137. The predicted molar refractivity (Wildman–Crippen MR) is 71.4 cm³/mol. The van der Waals surface area contributed by atoms with Crippen LogP contribution in [0.25, 0.3) is 0 Å².